The Morgan fingerprint density at radius 1 is 1.53 bits per heavy atom. The summed E-state index contributed by atoms with van der Waals surface area (Å²) in [6.07, 6.45) is 0. The Kier molecular flexibility index (Phi) is 3.63. The first kappa shape index (κ1) is 12.3. The number of aromatic nitrogens is 1. The molecule has 0 fully saturated rings. The van der Waals surface area contributed by atoms with E-state index in [1.807, 2.05) is 6.92 Å². The molecule has 0 aliphatic rings. The fraction of sp³-hybridized carbons (Fsp3) is 0.182. The van der Waals surface area contributed by atoms with Crippen LogP contribution in [0.3, 0.4) is 0 Å². The highest BCUT2D eigenvalue weighted by Gasteiger charge is 2.07. The van der Waals surface area contributed by atoms with Gasteiger partial charge < -0.3 is 11.1 Å². The predicted octanol–water partition coefficient (Wildman–Crippen LogP) is 3.55. The lowest BCUT2D eigenvalue weighted by Gasteiger charge is -2.09. The summed E-state index contributed by atoms with van der Waals surface area (Å²) in [4.78, 5) is 5.30. The summed E-state index contributed by atoms with van der Waals surface area (Å²) in [5, 5.41) is 3.17. The molecule has 6 heteroatoms. The van der Waals surface area contributed by atoms with Crippen molar-refractivity contribution in [1.29, 1.82) is 0 Å². The van der Waals surface area contributed by atoms with Crippen molar-refractivity contribution in [2.45, 2.75) is 13.5 Å². The summed E-state index contributed by atoms with van der Waals surface area (Å²) < 4.78 is 13.6. The average Bonchev–Trinajstić information content (AvgIpc) is 2.68. The van der Waals surface area contributed by atoms with Gasteiger partial charge in [-0.2, -0.15) is 0 Å². The molecule has 0 saturated heterocycles. The van der Waals surface area contributed by atoms with Crippen molar-refractivity contribution in [2.75, 3.05) is 11.1 Å². The van der Waals surface area contributed by atoms with Crippen molar-refractivity contribution in [3.8, 4) is 0 Å². The quantitative estimate of drug-likeness (QED) is 0.852. The molecule has 17 heavy (non-hydrogen) atoms. The summed E-state index contributed by atoms with van der Waals surface area (Å²) >= 11 is 4.71. The van der Waals surface area contributed by atoms with Gasteiger partial charge in [0.2, 0.25) is 0 Å². The van der Waals surface area contributed by atoms with Crippen LogP contribution in [0.15, 0.2) is 22.1 Å². The van der Waals surface area contributed by atoms with Crippen LogP contribution in [-0.2, 0) is 6.54 Å². The van der Waals surface area contributed by atoms with Crippen molar-refractivity contribution in [2.24, 2.45) is 0 Å². The van der Waals surface area contributed by atoms with Crippen LogP contribution in [0.25, 0.3) is 0 Å². The first-order valence-electron chi connectivity index (χ1n) is 4.95. The molecule has 1 aromatic carbocycles. The Balaban J connectivity index is 2.14. The number of nitrogen functional groups attached to an aromatic ring is 1. The Hall–Kier alpha value is -1.14. The zero-order valence-electron chi connectivity index (χ0n) is 9.13. The van der Waals surface area contributed by atoms with Crippen LogP contribution in [-0.4, -0.2) is 4.98 Å². The number of hydrogen-bond donors (Lipinski definition) is 2. The van der Waals surface area contributed by atoms with E-state index in [1.54, 1.807) is 22.9 Å². The van der Waals surface area contributed by atoms with Gasteiger partial charge in [-0.25, -0.2) is 9.37 Å². The molecule has 2 rings (SSSR count). The van der Waals surface area contributed by atoms with Gasteiger partial charge in [0, 0.05) is 10.9 Å². The van der Waals surface area contributed by atoms with Gasteiger partial charge in [-0.3, -0.25) is 0 Å². The number of nitrogens with one attached hydrogen (secondary N) is 1. The maximum Gasteiger partial charge on any atom is 0.139 e. The van der Waals surface area contributed by atoms with Crippen molar-refractivity contribution >= 4 is 38.6 Å². The van der Waals surface area contributed by atoms with E-state index in [0.717, 1.165) is 10.6 Å². The molecule has 0 bridgehead atoms. The Labute approximate surface area is 111 Å². The number of hydrogen-bond acceptors (Lipinski definition) is 4. The smallest absolute Gasteiger partial charge is 0.139 e. The first-order valence-corrected chi connectivity index (χ1v) is 6.62. The molecular weight excluding hydrogens is 305 g/mol. The van der Waals surface area contributed by atoms with Gasteiger partial charge in [-0.1, -0.05) is 0 Å². The van der Waals surface area contributed by atoms with E-state index < -0.39 is 0 Å². The number of nitrogens with two attached hydrogens (primary N) is 1. The van der Waals surface area contributed by atoms with Gasteiger partial charge in [0.25, 0.3) is 0 Å². The molecule has 0 atom stereocenters. The average molecular weight is 316 g/mol. The Morgan fingerprint density at radius 3 is 2.94 bits per heavy atom. The molecule has 0 radical (unpaired) electrons. The number of nitrogens with zero attached hydrogens (tertiary/aromatic N) is 1. The molecule has 0 unspecified atom stereocenters. The number of halogens is 2. The minimum Gasteiger partial charge on any atom is -0.397 e. The highest BCUT2D eigenvalue weighted by Crippen LogP contribution is 2.27. The van der Waals surface area contributed by atoms with Crippen LogP contribution < -0.4 is 11.1 Å². The molecule has 2 aromatic rings. The molecule has 0 aliphatic heterocycles. The molecule has 0 aliphatic carbocycles. The van der Waals surface area contributed by atoms with Crippen molar-refractivity contribution in [1.82, 2.24) is 4.98 Å². The third-order valence-corrected chi connectivity index (χ3v) is 3.92. The minimum absolute atomic E-state index is 0.359. The molecule has 3 nitrogen and oxygen atoms in total. The molecule has 0 spiro atoms. The Bertz CT molecular complexity index is 542. The second kappa shape index (κ2) is 5.01. The maximum absolute atomic E-state index is 13.2. The Morgan fingerprint density at radius 2 is 2.29 bits per heavy atom. The van der Waals surface area contributed by atoms with E-state index in [4.69, 9.17) is 5.73 Å². The molecule has 0 saturated carbocycles. The molecule has 0 amide bonds. The number of aryl methyl sites for hydroxylation is 1. The van der Waals surface area contributed by atoms with Crippen molar-refractivity contribution in [3.63, 3.8) is 0 Å². The number of anilines is 2. The highest BCUT2D eigenvalue weighted by molar-refractivity contribution is 9.10. The third kappa shape index (κ3) is 2.76. The van der Waals surface area contributed by atoms with Crippen LogP contribution in [0.5, 0.6) is 0 Å². The van der Waals surface area contributed by atoms with E-state index in [9.17, 15) is 4.39 Å². The zero-order chi connectivity index (χ0) is 12.4. The lowest BCUT2D eigenvalue weighted by molar-refractivity contribution is 0.622. The fourth-order valence-electron chi connectivity index (χ4n) is 1.39. The minimum atomic E-state index is -0.359. The highest BCUT2D eigenvalue weighted by atomic mass is 79.9. The van der Waals surface area contributed by atoms with E-state index in [0.29, 0.717) is 22.4 Å². The summed E-state index contributed by atoms with van der Waals surface area (Å²) in [6.45, 7) is 2.59. The predicted molar refractivity (Wildman–Crippen MR) is 72.7 cm³/mol. The summed E-state index contributed by atoms with van der Waals surface area (Å²) in [6, 6.07) is 2.94. The summed E-state index contributed by atoms with van der Waals surface area (Å²) in [7, 11) is 0. The van der Waals surface area contributed by atoms with Crippen LogP contribution >= 0.6 is 27.3 Å². The lowest BCUT2D eigenvalue weighted by Crippen LogP contribution is -2.03. The van der Waals surface area contributed by atoms with Crippen LogP contribution in [0, 0.1) is 12.7 Å². The van der Waals surface area contributed by atoms with Crippen molar-refractivity contribution < 1.29 is 4.39 Å². The molecule has 1 aromatic heterocycles. The lowest BCUT2D eigenvalue weighted by atomic mass is 10.2. The summed E-state index contributed by atoms with van der Waals surface area (Å²) in [5.74, 6) is -0.359. The molecule has 3 N–H and O–H groups in total. The van der Waals surface area contributed by atoms with E-state index >= 15 is 0 Å². The van der Waals surface area contributed by atoms with Crippen molar-refractivity contribution in [3.05, 3.63) is 38.5 Å². The normalized spacial score (nSPS) is 10.5. The second-order valence-corrected chi connectivity index (χ2v) is 5.36. The SMILES string of the molecule is Cc1ncsc1CNc1cc(Br)c(F)cc1N. The maximum atomic E-state index is 13.2. The van der Waals surface area contributed by atoms with Gasteiger partial charge in [0.15, 0.2) is 0 Å². The monoisotopic (exact) mass is 315 g/mol. The standard InChI is InChI=1S/C11H11BrFN3S/c1-6-11(17-5-16-6)4-15-10-2-7(12)8(13)3-9(10)14/h2-3,5,15H,4,14H2,1H3. The van der Waals surface area contributed by atoms with Crippen LogP contribution in [0.2, 0.25) is 0 Å². The zero-order valence-corrected chi connectivity index (χ0v) is 11.5. The van der Waals surface area contributed by atoms with Crippen LogP contribution in [0.1, 0.15) is 10.6 Å². The van der Waals surface area contributed by atoms with E-state index in [-0.39, 0.29) is 5.82 Å². The molecular formula is C11H11BrFN3S. The number of thiazole rings is 1. The molecule has 1 heterocycles. The van der Waals surface area contributed by atoms with E-state index in [1.165, 1.54) is 6.07 Å². The summed E-state index contributed by atoms with van der Waals surface area (Å²) in [5.41, 5.74) is 9.65. The second-order valence-electron chi connectivity index (χ2n) is 3.57. The van der Waals surface area contributed by atoms with Gasteiger partial charge in [-0.05, 0) is 28.9 Å². The van der Waals surface area contributed by atoms with Gasteiger partial charge in [0.1, 0.15) is 5.82 Å². The number of rotatable bonds is 3. The van der Waals surface area contributed by atoms with Gasteiger partial charge in [0.05, 0.1) is 33.6 Å². The largest absolute Gasteiger partial charge is 0.397 e. The van der Waals surface area contributed by atoms with Crippen LogP contribution in [0.4, 0.5) is 15.8 Å². The third-order valence-electron chi connectivity index (χ3n) is 2.38. The topological polar surface area (TPSA) is 50.9 Å². The van der Waals surface area contributed by atoms with Gasteiger partial charge >= 0.3 is 0 Å². The van der Waals surface area contributed by atoms with Gasteiger partial charge in [-0.15, -0.1) is 11.3 Å². The number of benzene rings is 1. The van der Waals surface area contributed by atoms with E-state index in [2.05, 4.69) is 26.2 Å². The first-order chi connectivity index (χ1) is 8.08. The molecule has 90 valence electrons. The fourth-order valence-corrected chi connectivity index (χ4v) is 2.45.